The molecule has 2 aliphatic rings. The average Bonchev–Trinajstić information content (AvgIpc) is 3.44. The molecule has 0 fully saturated rings. The Bertz CT molecular complexity index is 1190. The summed E-state index contributed by atoms with van der Waals surface area (Å²) in [4.78, 5) is 13.2. The van der Waals surface area contributed by atoms with Gasteiger partial charge in [0.15, 0.2) is 0 Å². The number of allylic oxidation sites excluding steroid dienone is 2. The summed E-state index contributed by atoms with van der Waals surface area (Å²) < 4.78 is 0. The lowest BCUT2D eigenvalue weighted by molar-refractivity contribution is 0.351. The van der Waals surface area contributed by atoms with Gasteiger partial charge in [0.25, 0.3) is 0 Å². The number of nitrogens with one attached hydrogen (secondary N) is 3. The quantitative estimate of drug-likeness (QED) is 0.570. The maximum atomic E-state index is 4.94. The molecular weight excluding hydrogens is 386 g/mol. The van der Waals surface area contributed by atoms with Crippen LogP contribution >= 0.6 is 0 Å². The van der Waals surface area contributed by atoms with Gasteiger partial charge in [0.2, 0.25) is 0 Å². The van der Waals surface area contributed by atoms with Gasteiger partial charge in [0, 0.05) is 23.2 Å². The number of aromatic nitrogens is 3. The molecule has 0 radical (unpaired) electrons. The van der Waals surface area contributed by atoms with Gasteiger partial charge in [-0.25, -0.2) is 9.99 Å². The normalized spacial score (nSPS) is 16.8. The third-order valence-electron chi connectivity index (χ3n) is 5.42. The van der Waals surface area contributed by atoms with E-state index in [1.807, 2.05) is 36.3 Å². The van der Waals surface area contributed by atoms with Gasteiger partial charge in [0.05, 0.1) is 23.6 Å². The smallest absolute Gasteiger partial charge is 0.140 e. The van der Waals surface area contributed by atoms with Crippen molar-refractivity contribution in [3.05, 3.63) is 83.6 Å². The second kappa shape index (κ2) is 8.10. The molecular formula is C24H25N7. The summed E-state index contributed by atoms with van der Waals surface area (Å²) >= 11 is 0. The zero-order valence-electron chi connectivity index (χ0n) is 17.6. The SMILES string of the molecule is CCc1cccc(NCc2nc(C3=CN4N=CNC4C=C3)c(-c3cccc(C)n3)[nH]2)c1. The van der Waals surface area contributed by atoms with Crippen molar-refractivity contribution < 1.29 is 0 Å². The number of pyridine rings is 1. The van der Waals surface area contributed by atoms with Gasteiger partial charge in [-0.3, -0.25) is 4.98 Å². The summed E-state index contributed by atoms with van der Waals surface area (Å²) in [6.07, 6.45) is 8.97. The minimum absolute atomic E-state index is 0.0650. The second-order valence-electron chi connectivity index (χ2n) is 7.66. The lowest BCUT2D eigenvalue weighted by Gasteiger charge is -2.21. The molecule has 7 heteroatoms. The van der Waals surface area contributed by atoms with Gasteiger partial charge < -0.3 is 15.6 Å². The van der Waals surface area contributed by atoms with E-state index in [9.17, 15) is 0 Å². The highest BCUT2D eigenvalue weighted by atomic mass is 15.6. The maximum absolute atomic E-state index is 4.94. The minimum atomic E-state index is 0.0650. The summed E-state index contributed by atoms with van der Waals surface area (Å²) in [6.45, 7) is 4.75. The van der Waals surface area contributed by atoms with E-state index in [1.54, 1.807) is 6.34 Å². The van der Waals surface area contributed by atoms with Crippen molar-refractivity contribution in [2.45, 2.75) is 33.0 Å². The molecule has 31 heavy (non-hydrogen) atoms. The Kier molecular flexibility index (Phi) is 5.00. The van der Waals surface area contributed by atoms with Crippen molar-refractivity contribution in [1.82, 2.24) is 25.3 Å². The molecule has 0 saturated heterocycles. The molecule has 2 aliphatic heterocycles. The van der Waals surface area contributed by atoms with E-state index in [1.165, 1.54) is 5.56 Å². The Hall–Kier alpha value is -3.87. The molecule has 5 rings (SSSR count). The highest BCUT2D eigenvalue weighted by Crippen LogP contribution is 2.30. The Balaban J connectivity index is 1.48. The molecule has 3 aromatic rings. The fourth-order valence-corrected chi connectivity index (χ4v) is 3.77. The number of anilines is 1. The number of hydrogen-bond donors (Lipinski definition) is 3. The van der Waals surface area contributed by atoms with Crippen LogP contribution in [0.4, 0.5) is 5.69 Å². The number of H-pyrrole nitrogens is 1. The van der Waals surface area contributed by atoms with E-state index in [2.05, 4.69) is 64.1 Å². The predicted octanol–water partition coefficient (Wildman–Crippen LogP) is 4.04. The molecule has 3 N–H and O–H groups in total. The van der Waals surface area contributed by atoms with Gasteiger partial charge in [-0.05, 0) is 49.2 Å². The fraction of sp³-hybridized carbons (Fsp3) is 0.208. The van der Waals surface area contributed by atoms with Crippen LogP contribution in [0.5, 0.6) is 0 Å². The van der Waals surface area contributed by atoms with Crippen LogP contribution in [-0.2, 0) is 13.0 Å². The number of hydrogen-bond acceptors (Lipinski definition) is 6. The highest BCUT2D eigenvalue weighted by molar-refractivity contribution is 5.82. The van der Waals surface area contributed by atoms with Crippen molar-refractivity contribution in [2.75, 3.05) is 5.32 Å². The second-order valence-corrected chi connectivity index (χ2v) is 7.66. The number of benzene rings is 1. The molecule has 0 bridgehead atoms. The monoisotopic (exact) mass is 411 g/mol. The summed E-state index contributed by atoms with van der Waals surface area (Å²) in [5.41, 5.74) is 7.01. The molecule has 0 aliphatic carbocycles. The molecule has 1 unspecified atom stereocenters. The predicted molar refractivity (Wildman–Crippen MR) is 124 cm³/mol. The molecule has 2 aromatic heterocycles. The molecule has 0 saturated carbocycles. The van der Waals surface area contributed by atoms with Crippen LogP contribution < -0.4 is 10.6 Å². The Morgan fingerprint density at radius 2 is 2.03 bits per heavy atom. The molecule has 4 heterocycles. The summed E-state index contributed by atoms with van der Waals surface area (Å²) in [5, 5.41) is 12.9. The summed E-state index contributed by atoms with van der Waals surface area (Å²) in [6, 6.07) is 14.5. The van der Waals surface area contributed by atoms with Crippen LogP contribution in [0.15, 0.2) is 65.9 Å². The van der Waals surface area contributed by atoms with Crippen LogP contribution in [0.25, 0.3) is 17.0 Å². The fourth-order valence-electron chi connectivity index (χ4n) is 3.77. The third kappa shape index (κ3) is 3.94. The van der Waals surface area contributed by atoms with E-state index in [4.69, 9.17) is 9.97 Å². The molecule has 0 amide bonds. The standard InChI is InChI=1S/C24H25N7/c1-3-17-7-5-8-19(12-17)25-13-21-29-23(18-10-11-22-26-15-27-31(22)14-18)24(30-21)20-9-4-6-16(2)28-20/h4-12,14-15,22,25H,3,13H2,1-2H3,(H,26,27)(H,29,30). The number of aryl methyl sites for hydroxylation is 2. The molecule has 156 valence electrons. The molecule has 0 spiro atoms. The van der Waals surface area contributed by atoms with E-state index >= 15 is 0 Å². The van der Waals surface area contributed by atoms with Gasteiger partial charge in [-0.2, -0.15) is 5.10 Å². The molecule has 1 atom stereocenters. The third-order valence-corrected chi connectivity index (χ3v) is 5.42. The first-order valence-corrected chi connectivity index (χ1v) is 10.5. The van der Waals surface area contributed by atoms with E-state index < -0.39 is 0 Å². The van der Waals surface area contributed by atoms with Crippen molar-refractivity contribution in [1.29, 1.82) is 0 Å². The summed E-state index contributed by atoms with van der Waals surface area (Å²) in [7, 11) is 0. The van der Waals surface area contributed by atoms with E-state index in [0.29, 0.717) is 6.54 Å². The number of aromatic amines is 1. The van der Waals surface area contributed by atoms with Gasteiger partial charge in [0.1, 0.15) is 18.3 Å². The largest absolute Gasteiger partial charge is 0.378 e. The van der Waals surface area contributed by atoms with Crippen LogP contribution in [0, 0.1) is 6.92 Å². The Labute approximate surface area is 181 Å². The van der Waals surface area contributed by atoms with Crippen LogP contribution in [0.2, 0.25) is 0 Å². The van der Waals surface area contributed by atoms with Gasteiger partial charge >= 0.3 is 0 Å². The number of nitrogens with zero attached hydrogens (tertiary/aromatic N) is 4. The Morgan fingerprint density at radius 1 is 1.13 bits per heavy atom. The van der Waals surface area contributed by atoms with E-state index in [-0.39, 0.29) is 6.17 Å². The van der Waals surface area contributed by atoms with Crippen molar-refractivity contribution in [2.24, 2.45) is 5.10 Å². The zero-order valence-corrected chi connectivity index (χ0v) is 17.6. The highest BCUT2D eigenvalue weighted by Gasteiger charge is 2.23. The van der Waals surface area contributed by atoms with Crippen LogP contribution in [0.3, 0.4) is 0 Å². The van der Waals surface area contributed by atoms with Crippen molar-refractivity contribution in [3.8, 4) is 11.4 Å². The first-order chi connectivity index (χ1) is 15.2. The first kappa shape index (κ1) is 19.1. The summed E-state index contributed by atoms with van der Waals surface area (Å²) in [5.74, 6) is 0.856. The maximum Gasteiger partial charge on any atom is 0.140 e. The zero-order chi connectivity index (χ0) is 21.2. The first-order valence-electron chi connectivity index (χ1n) is 10.5. The van der Waals surface area contributed by atoms with Gasteiger partial charge in [-0.1, -0.05) is 31.2 Å². The van der Waals surface area contributed by atoms with E-state index in [0.717, 1.165) is 46.3 Å². The molecule has 7 nitrogen and oxygen atoms in total. The van der Waals surface area contributed by atoms with Crippen molar-refractivity contribution in [3.63, 3.8) is 0 Å². The average molecular weight is 412 g/mol. The molecule has 1 aromatic carbocycles. The lowest BCUT2D eigenvalue weighted by Crippen LogP contribution is -2.32. The topological polar surface area (TPSA) is 81.2 Å². The minimum Gasteiger partial charge on any atom is -0.378 e. The van der Waals surface area contributed by atoms with Crippen LogP contribution in [-0.4, -0.2) is 32.5 Å². The number of fused-ring (bicyclic) bond motifs is 1. The van der Waals surface area contributed by atoms with Crippen LogP contribution in [0.1, 0.15) is 29.7 Å². The Morgan fingerprint density at radius 3 is 2.90 bits per heavy atom. The van der Waals surface area contributed by atoms with Crippen molar-refractivity contribution >= 4 is 17.6 Å². The number of imidazole rings is 1. The van der Waals surface area contributed by atoms with Gasteiger partial charge in [-0.15, -0.1) is 0 Å². The lowest BCUT2D eigenvalue weighted by atomic mass is 10.1. The number of rotatable bonds is 6. The number of hydrazone groups is 1.